The number of aliphatic hydroxyl groups excluding tert-OH is 1. The highest BCUT2D eigenvalue weighted by Crippen LogP contribution is 2.11. The fourth-order valence-electron chi connectivity index (χ4n) is 1.41. The number of amides is 1. The molecule has 7 heteroatoms. The lowest BCUT2D eigenvalue weighted by atomic mass is 10.3. The number of esters is 1. The number of halogens is 1. The predicted molar refractivity (Wildman–Crippen MR) is 67.5 cm³/mol. The van der Waals surface area contributed by atoms with Gasteiger partial charge in [-0.1, -0.05) is 6.07 Å². The van der Waals surface area contributed by atoms with Gasteiger partial charge >= 0.3 is 5.97 Å². The summed E-state index contributed by atoms with van der Waals surface area (Å²) in [6, 6.07) is 4.43. The molecule has 110 valence electrons. The first-order valence-corrected chi connectivity index (χ1v) is 5.93. The molecular weight excluding hydrogens is 269 g/mol. The smallest absolute Gasteiger partial charge is 0.330 e. The molecule has 0 aliphatic rings. The second-order valence-electron chi connectivity index (χ2n) is 3.88. The molecule has 0 aliphatic carbocycles. The minimum atomic E-state index is -1.10. The van der Waals surface area contributed by atoms with Gasteiger partial charge in [0.1, 0.15) is 11.6 Å². The van der Waals surface area contributed by atoms with E-state index in [9.17, 15) is 14.0 Å². The predicted octanol–water partition coefficient (Wildman–Crippen LogP) is 0.245. The fraction of sp³-hybridized carbons (Fsp3) is 0.385. The summed E-state index contributed by atoms with van der Waals surface area (Å²) in [5, 5.41) is 11.2. The van der Waals surface area contributed by atoms with Crippen LogP contribution < -0.4 is 10.1 Å². The Morgan fingerprint density at radius 1 is 1.45 bits per heavy atom. The maximum absolute atomic E-state index is 12.9. The average molecular weight is 285 g/mol. The number of carbonyl (C=O) groups is 2. The van der Waals surface area contributed by atoms with Crippen LogP contribution in [0, 0.1) is 5.82 Å². The van der Waals surface area contributed by atoms with E-state index in [1.54, 1.807) is 6.07 Å². The topological polar surface area (TPSA) is 84.9 Å². The van der Waals surface area contributed by atoms with Crippen molar-refractivity contribution in [3.63, 3.8) is 0 Å². The maximum atomic E-state index is 12.9. The van der Waals surface area contributed by atoms with Crippen molar-refractivity contribution in [3.8, 4) is 5.75 Å². The molecule has 0 spiro atoms. The number of aliphatic hydroxyl groups is 1. The number of benzene rings is 1. The van der Waals surface area contributed by atoms with Gasteiger partial charge in [0, 0.05) is 6.07 Å². The molecular formula is C13H16FNO5. The van der Waals surface area contributed by atoms with E-state index in [4.69, 9.17) is 9.84 Å². The molecule has 1 aromatic rings. The van der Waals surface area contributed by atoms with E-state index in [-0.39, 0.29) is 13.0 Å². The van der Waals surface area contributed by atoms with Crippen LogP contribution in [0.5, 0.6) is 5.75 Å². The van der Waals surface area contributed by atoms with E-state index >= 15 is 0 Å². The van der Waals surface area contributed by atoms with Crippen molar-refractivity contribution >= 4 is 11.9 Å². The van der Waals surface area contributed by atoms with E-state index in [1.807, 2.05) is 0 Å². The van der Waals surface area contributed by atoms with Crippen LogP contribution in [0.1, 0.15) is 6.42 Å². The van der Waals surface area contributed by atoms with E-state index in [2.05, 4.69) is 10.1 Å². The molecule has 0 radical (unpaired) electrons. The van der Waals surface area contributed by atoms with Crippen LogP contribution >= 0.6 is 0 Å². The molecule has 1 rings (SSSR count). The summed E-state index contributed by atoms with van der Waals surface area (Å²) >= 11 is 0. The summed E-state index contributed by atoms with van der Waals surface area (Å²) in [7, 11) is 1.16. The zero-order chi connectivity index (χ0) is 15.0. The molecule has 20 heavy (non-hydrogen) atoms. The first-order chi connectivity index (χ1) is 9.56. The van der Waals surface area contributed by atoms with Crippen LogP contribution in [0.4, 0.5) is 4.39 Å². The highest BCUT2D eigenvalue weighted by atomic mass is 19.1. The molecule has 0 saturated heterocycles. The standard InChI is InChI=1S/C13H16FNO5/c1-19-13(18)11(8-16)15-12(17)5-6-20-10-4-2-3-9(14)7-10/h2-4,7,11,16H,5-6,8H2,1H3,(H,15,17). The second-order valence-corrected chi connectivity index (χ2v) is 3.88. The maximum Gasteiger partial charge on any atom is 0.330 e. The Hall–Kier alpha value is -2.15. The third kappa shape index (κ3) is 5.23. The first kappa shape index (κ1) is 15.9. The number of nitrogens with one attached hydrogen (secondary N) is 1. The van der Waals surface area contributed by atoms with Crippen molar-refractivity contribution in [1.82, 2.24) is 5.32 Å². The highest BCUT2D eigenvalue weighted by Gasteiger charge is 2.20. The van der Waals surface area contributed by atoms with E-state index < -0.39 is 30.3 Å². The lowest BCUT2D eigenvalue weighted by molar-refractivity contribution is -0.146. The van der Waals surface area contributed by atoms with Crippen molar-refractivity contribution in [2.24, 2.45) is 0 Å². The number of hydrogen-bond donors (Lipinski definition) is 2. The Morgan fingerprint density at radius 2 is 2.20 bits per heavy atom. The molecule has 0 aliphatic heterocycles. The Kier molecular flexibility index (Phi) is 6.45. The summed E-state index contributed by atoms with van der Waals surface area (Å²) in [5.41, 5.74) is 0. The molecule has 1 aromatic carbocycles. The van der Waals surface area contributed by atoms with Crippen molar-refractivity contribution in [1.29, 1.82) is 0 Å². The number of ether oxygens (including phenoxy) is 2. The van der Waals surface area contributed by atoms with Crippen molar-refractivity contribution in [2.75, 3.05) is 20.3 Å². The normalized spacial score (nSPS) is 11.6. The van der Waals surface area contributed by atoms with Gasteiger partial charge in [0.2, 0.25) is 5.91 Å². The third-order valence-corrected chi connectivity index (χ3v) is 2.40. The quantitative estimate of drug-likeness (QED) is 0.701. The molecule has 0 aromatic heterocycles. The Morgan fingerprint density at radius 3 is 2.80 bits per heavy atom. The van der Waals surface area contributed by atoms with Crippen LogP contribution in [0.2, 0.25) is 0 Å². The molecule has 1 unspecified atom stereocenters. The number of methoxy groups -OCH3 is 1. The van der Waals surface area contributed by atoms with E-state index in [0.29, 0.717) is 5.75 Å². The van der Waals surface area contributed by atoms with Crippen LogP contribution in [-0.4, -0.2) is 43.3 Å². The molecule has 0 fully saturated rings. The molecule has 1 atom stereocenters. The van der Waals surface area contributed by atoms with Gasteiger partial charge in [-0.15, -0.1) is 0 Å². The van der Waals surface area contributed by atoms with Crippen molar-refractivity contribution in [3.05, 3.63) is 30.1 Å². The van der Waals surface area contributed by atoms with Gasteiger partial charge in [-0.2, -0.15) is 0 Å². The molecule has 2 N–H and O–H groups in total. The van der Waals surface area contributed by atoms with Gasteiger partial charge in [0.05, 0.1) is 26.7 Å². The zero-order valence-electron chi connectivity index (χ0n) is 11.0. The second kappa shape index (κ2) is 8.11. The van der Waals surface area contributed by atoms with Crippen molar-refractivity contribution in [2.45, 2.75) is 12.5 Å². The number of hydrogen-bond acceptors (Lipinski definition) is 5. The summed E-state index contributed by atoms with van der Waals surface area (Å²) in [4.78, 5) is 22.6. The fourth-order valence-corrected chi connectivity index (χ4v) is 1.41. The minimum Gasteiger partial charge on any atom is -0.493 e. The molecule has 0 bridgehead atoms. The largest absolute Gasteiger partial charge is 0.493 e. The average Bonchev–Trinajstić information content (AvgIpc) is 2.44. The molecule has 1 amide bonds. The van der Waals surface area contributed by atoms with Gasteiger partial charge in [0.15, 0.2) is 6.04 Å². The first-order valence-electron chi connectivity index (χ1n) is 5.93. The Balaban J connectivity index is 2.34. The summed E-state index contributed by atoms with van der Waals surface area (Å²) in [5.74, 6) is -1.33. The number of carbonyl (C=O) groups excluding carboxylic acids is 2. The minimum absolute atomic E-state index is 0.0224. The zero-order valence-corrected chi connectivity index (χ0v) is 11.0. The van der Waals surface area contributed by atoms with Gasteiger partial charge in [-0.3, -0.25) is 4.79 Å². The van der Waals surface area contributed by atoms with Gasteiger partial charge in [-0.05, 0) is 12.1 Å². The summed E-state index contributed by atoms with van der Waals surface area (Å²) in [6.07, 6.45) is -0.0377. The van der Waals surface area contributed by atoms with Gasteiger partial charge in [0.25, 0.3) is 0 Å². The van der Waals surface area contributed by atoms with Gasteiger partial charge < -0.3 is 19.9 Å². The monoisotopic (exact) mass is 285 g/mol. The lowest BCUT2D eigenvalue weighted by Crippen LogP contribution is -2.44. The van der Waals surface area contributed by atoms with Crippen LogP contribution in [0.15, 0.2) is 24.3 Å². The Labute approximate surface area is 115 Å². The van der Waals surface area contributed by atoms with E-state index in [0.717, 1.165) is 7.11 Å². The summed E-state index contributed by atoms with van der Waals surface area (Å²) < 4.78 is 22.4. The summed E-state index contributed by atoms with van der Waals surface area (Å²) in [6.45, 7) is -0.530. The van der Waals surface area contributed by atoms with Crippen molar-refractivity contribution < 1.29 is 28.6 Å². The molecule has 0 heterocycles. The highest BCUT2D eigenvalue weighted by molar-refractivity contribution is 5.84. The van der Waals surface area contributed by atoms with Crippen LogP contribution in [0.25, 0.3) is 0 Å². The third-order valence-electron chi connectivity index (χ3n) is 2.40. The molecule has 6 nitrogen and oxygen atoms in total. The molecule has 0 saturated carbocycles. The van der Waals surface area contributed by atoms with E-state index in [1.165, 1.54) is 18.2 Å². The Bertz CT molecular complexity index is 466. The SMILES string of the molecule is COC(=O)C(CO)NC(=O)CCOc1cccc(F)c1. The van der Waals surface area contributed by atoms with Crippen LogP contribution in [-0.2, 0) is 14.3 Å². The van der Waals surface area contributed by atoms with Crippen LogP contribution in [0.3, 0.4) is 0 Å². The van der Waals surface area contributed by atoms with Gasteiger partial charge in [-0.25, -0.2) is 9.18 Å². The lowest BCUT2D eigenvalue weighted by Gasteiger charge is -2.13. The number of rotatable bonds is 7.